The maximum Gasteiger partial charge on any atom is 0.420 e. The molecule has 5 nitrogen and oxygen atoms in total. The molecule has 124 valence electrons. The van der Waals surface area contributed by atoms with Crippen molar-refractivity contribution in [2.75, 3.05) is 25.0 Å². The summed E-state index contributed by atoms with van der Waals surface area (Å²) in [4.78, 5) is 23.2. The first-order valence-electron chi connectivity index (χ1n) is 8.13. The maximum absolute atomic E-state index is 12.9. The zero-order chi connectivity index (χ0) is 16.5. The van der Waals surface area contributed by atoms with E-state index < -0.39 is 0 Å². The highest BCUT2D eigenvalue weighted by Gasteiger charge is 2.32. The van der Waals surface area contributed by atoms with Crippen molar-refractivity contribution in [1.29, 1.82) is 0 Å². The van der Waals surface area contributed by atoms with Crippen molar-refractivity contribution in [3.05, 3.63) is 42.6 Å². The number of carbonyl (C=O) groups excluding carboxylic acids is 1. The first-order chi connectivity index (χ1) is 11.7. The molecule has 0 atom stereocenters. The van der Waals surface area contributed by atoms with Gasteiger partial charge in [-0.05, 0) is 44.2 Å². The molecule has 1 saturated heterocycles. The number of benzene rings is 1. The van der Waals surface area contributed by atoms with E-state index in [2.05, 4.69) is 16.9 Å². The molecule has 6 heteroatoms. The Labute approximate surface area is 145 Å². The summed E-state index contributed by atoms with van der Waals surface area (Å²) in [5.74, 6) is 0.652. The molecule has 0 N–H and O–H groups in total. The summed E-state index contributed by atoms with van der Waals surface area (Å²) >= 11 is 1.63. The second-order valence-corrected chi connectivity index (χ2v) is 7.20. The number of anilines is 2. The third kappa shape index (κ3) is 2.87. The van der Waals surface area contributed by atoms with Gasteiger partial charge in [-0.3, -0.25) is 0 Å². The Balaban J connectivity index is 1.63. The molecule has 0 saturated carbocycles. The first kappa shape index (κ1) is 15.5. The summed E-state index contributed by atoms with van der Waals surface area (Å²) in [5.41, 5.74) is 0.839. The van der Waals surface area contributed by atoms with Gasteiger partial charge >= 0.3 is 6.09 Å². The van der Waals surface area contributed by atoms with Gasteiger partial charge in [0.05, 0.1) is 10.6 Å². The summed E-state index contributed by atoms with van der Waals surface area (Å²) in [6.45, 7) is 1.92. The summed E-state index contributed by atoms with van der Waals surface area (Å²) in [6, 6.07) is 11.7. The van der Waals surface area contributed by atoms with Gasteiger partial charge in [-0.1, -0.05) is 23.9 Å². The van der Waals surface area contributed by atoms with Crippen LogP contribution >= 0.6 is 11.8 Å². The van der Waals surface area contributed by atoms with Crippen LogP contribution in [-0.4, -0.2) is 42.2 Å². The van der Waals surface area contributed by atoms with Gasteiger partial charge in [0.25, 0.3) is 0 Å². The number of piperidine rings is 1. The van der Waals surface area contributed by atoms with Crippen LogP contribution in [-0.2, 0) is 4.74 Å². The molecule has 0 aliphatic carbocycles. The third-order valence-electron chi connectivity index (χ3n) is 4.40. The summed E-state index contributed by atoms with van der Waals surface area (Å²) in [6.07, 6.45) is 3.10. The normalized spacial score (nSPS) is 18.0. The molecule has 3 heterocycles. The quantitative estimate of drug-likeness (QED) is 0.787. The number of amides is 1. The molecule has 4 rings (SSSR count). The van der Waals surface area contributed by atoms with Gasteiger partial charge < -0.3 is 9.64 Å². The number of aromatic nitrogens is 1. The summed E-state index contributed by atoms with van der Waals surface area (Å²) < 4.78 is 5.80. The third-order valence-corrected chi connectivity index (χ3v) is 5.51. The number of pyridine rings is 1. The monoisotopic (exact) mass is 341 g/mol. The Hall–Kier alpha value is -2.05. The van der Waals surface area contributed by atoms with Crippen LogP contribution in [0.15, 0.2) is 52.4 Å². The van der Waals surface area contributed by atoms with E-state index in [1.807, 2.05) is 36.4 Å². The van der Waals surface area contributed by atoms with E-state index in [0.29, 0.717) is 5.82 Å². The molecule has 0 unspecified atom stereocenters. The molecule has 1 aromatic heterocycles. The molecule has 0 spiro atoms. The van der Waals surface area contributed by atoms with Crippen LogP contribution in [0.1, 0.15) is 12.8 Å². The minimum absolute atomic E-state index is 0.0254. The minimum atomic E-state index is -0.336. The molecule has 0 bridgehead atoms. The van der Waals surface area contributed by atoms with E-state index in [1.165, 1.54) is 0 Å². The molecule has 2 aliphatic heterocycles. The zero-order valence-corrected chi connectivity index (χ0v) is 14.3. The number of carbonyl (C=O) groups is 1. The number of hydrogen-bond donors (Lipinski definition) is 0. The van der Waals surface area contributed by atoms with Gasteiger partial charge in [-0.2, -0.15) is 0 Å². The molecule has 24 heavy (non-hydrogen) atoms. The van der Waals surface area contributed by atoms with Crippen molar-refractivity contribution in [3.63, 3.8) is 0 Å². The standard InChI is InChI=1S/C18H19N3O2S/c1-20-11-8-13(9-12-20)23-18(22)21-14-5-2-3-6-15(14)24-16-7-4-10-19-17(16)21/h2-7,10,13H,8-9,11-12H2,1H3. The Kier molecular flexibility index (Phi) is 4.16. The molecule has 2 aromatic rings. The molecule has 1 fully saturated rings. The summed E-state index contributed by atoms with van der Waals surface area (Å²) in [7, 11) is 2.09. The minimum Gasteiger partial charge on any atom is -0.445 e. The summed E-state index contributed by atoms with van der Waals surface area (Å²) in [5, 5.41) is 0. The van der Waals surface area contributed by atoms with Crippen LogP contribution in [0.4, 0.5) is 16.3 Å². The van der Waals surface area contributed by atoms with Crippen LogP contribution in [0.3, 0.4) is 0 Å². The molecular formula is C18H19N3O2S. The Morgan fingerprint density at radius 2 is 1.92 bits per heavy atom. The van der Waals surface area contributed by atoms with Gasteiger partial charge in [0.2, 0.25) is 0 Å². The van der Waals surface area contributed by atoms with Crippen molar-refractivity contribution in [2.24, 2.45) is 0 Å². The lowest BCUT2D eigenvalue weighted by molar-refractivity contribution is 0.0630. The highest BCUT2D eigenvalue weighted by molar-refractivity contribution is 7.99. The second kappa shape index (κ2) is 6.45. The van der Waals surface area contributed by atoms with Crippen molar-refractivity contribution >= 4 is 29.4 Å². The predicted molar refractivity (Wildman–Crippen MR) is 93.9 cm³/mol. The van der Waals surface area contributed by atoms with E-state index >= 15 is 0 Å². The van der Waals surface area contributed by atoms with Crippen molar-refractivity contribution in [1.82, 2.24) is 9.88 Å². The number of ether oxygens (including phenoxy) is 1. The number of likely N-dealkylation sites (tertiary alicyclic amines) is 1. The predicted octanol–water partition coefficient (Wildman–Crippen LogP) is 3.92. The average Bonchev–Trinajstić information content (AvgIpc) is 2.61. The highest BCUT2D eigenvalue weighted by Crippen LogP contribution is 2.47. The van der Waals surface area contributed by atoms with Gasteiger partial charge in [0.15, 0.2) is 5.82 Å². The SMILES string of the molecule is CN1CCC(OC(=O)N2c3ccccc3Sc3cccnc32)CC1. The topological polar surface area (TPSA) is 45.7 Å². The Bertz CT molecular complexity index is 714. The number of rotatable bonds is 1. The molecule has 1 aromatic carbocycles. The largest absolute Gasteiger partial charge is 0.445 e. The number of para-hydroxylation sites is 1. The number of hydrogen-bond acceptors (Lipinski definition) is 5. The van der Waals surface area contributed by atoms with Crippen LogP contribution < -0.4 is 4.90 Å². The van der Waals surface area contributed by atoms with Crippen molar-refractivity contribution in [3.8, 4) is 0 Å². The molecular weight excluding hydrogens is 322 g/mol. The van der Waals surface area contributed by atoms with E-state index in [0.717, 1.165) is 41.4 Å². The molecule has 0 radical (unpaired) electrons. The first-order valence-corrected chi connectivity index (χ1v) is 8.95. The van der Waals surface area contributed by atoms with Gasteiger partial charge in [-0.25, -0.2) is 14.7 Å². The lowest BCUT2D eigenvalue weighted by atomic mass is 10.1. The zero-order valence-electron chi connectivity index (χ0n) is 13.5. The van der Waals surface area contributed by atoms with Gasteiger partial charge in [0, 0.05) is 24.2 Å². The van der Waals surface area contributed by atoms with Crippen molar-refractivity contribution < 1.29 is 9.53 Å². The van der Waals surface area contributed by atoms with E-state index in [9.17, 15) is 4.79 Å². The average molecular weight is 341 g/mol. The Morgan fingerprint density at radius 3 is 2.75 bits per heavy atom. The van der Waals surface area contributed by atoms with E-state index in [4.69, 9.17) is 4.74 Å². The van der Waals surface area contributed by atoms with Crippen LogP contribution in [0.2, 0.25) is 0 Å². The van der Waals surface area contributed by atoms with E-state index in [-0.39, 0.29) is 12.2 Å². The highest BCUT2D eigenvalue weighted by atomic mass is 32.2. The number of nitrogens with zero attached hydrogens (tertiary/aromatic N) is 3. The van der Waals surface area contributed by atoms with Crippen molar-refractivity contribution in [2.45, 2.75) is 28.7 Å². The molecule has 1 amide bonds. The van der Waals surface area contributed by atoms with Crippen LogP contribution in [0.5, 0.6) is 0 Å². The van der Waals surface area contributed by atoms with Gasteiger partial charge in [-0.15, -0.1) is 0 Å². The fourth-order valence-corrected chi connectivity index (χ4v) is 4.10. The molecule has 2 aliphatic rings. The Morgan fingerprint density at radius 1 is 1.17 bits per heavy atom. The fourth-order valence-electron chi connectivity index (χ4n) is 3.07. The van der Waals surface area contributed by atoms with Gasteiger partial charge in [0.1, 0.15) is 6.10 Å². The lowest BCUT2D eigenvalue weighted by Gasteiger charge is -2.33. The van der Waals surface area contributed by atoms with E-state index in [1.54, 1.807) is 22.9 Å². The fraction of sp³-hybridized carbons (Fsp3) is 0.333. The second-order valence-electron chi connectivity index (χ2n) is 6.12. The lowest BCUT2D eigenvalue weighted by Crippen LogP contribution is -2.38. The van der Waals surface area contributed by atoms with Crippen LogP contribution in [0, 0.1) is 0 Å². The number of fused-ring (bicyclic) bond motifs is 2. The maximum atomic E-state index is 12.9. The van der Waals surface area contributed by atoms with Crippen LogP contribution in [0.25, 0.3) is 0 Å². The smallest absolute Gasteiger partial charge is 0.420 e.